The van der Waals surface area contributed by atoms with E-state index in [1.807, 2.05) is 52.6 Å². The first kappa shape index (κ1) is 13.8. The lowest BCUT2D eigenvalue weighted by Crippen LogP contribution is -1.87. The van der Waals surface area contributed by atoms with E-state index >= 15 is 0 Å². The van der Waals surface area contributed by atoms with Crippen molar-refractivity contribution in [3.63, 3.8) is 0 Å². The zero-order valence-corrected chi connectivity index (χ0v) is 9.47. The van der Waals surface area contributed by atoms with Gasteiger partial charge in [-0.25, -0.2) is 4.98 Å². The van der Waals surface area contributed by atoms with E-state index in [1.54, 1.807) is 0 Å². The van der Waals surface area contributed by atoms with Gasteiger partial charge in [-0.2, -0.15) is 0 Å². The van der Waals surface area contributed by atoms with Gasteiger partial charge in [0.05, 0.1) is 12.0 Å². The quantitative estimate of drug-likeness (QED) is 0.585. The summed E-state index contributed by atoms with van der Waals surface area (Å²) < 4.78 is 2.01. The number of rotatable bonds is 0. The molecule has 0 spiro atoms. The van der Waals surface area contributed by atoms with Gasteiger partial charge in [0.1, 0.15) is 0 Å². The molecule has 0 saturated heterocycles. The van der Waals surface area contributed by atoms with E-state index in [1.165, 1.54) is 5.69 Å². The normalized spacial score (nSPS) is 7.58. The molecule has 0 atom stereocenters. The number of hydrogen-bond acceptors (Lipinski definition) is 1. The Kier molecular flexibility index (Phi) is 9.54. The predicted molar refractivity (Wildman–Crippen MR) is 55.4 cm³/mol. The summed E-state index contributed by atoms with van der Waals surface area (Å²) in [5.74, 6) is 0. The van der Waals surface area contributed by atoms with Crippen LogP contribution in [0.5, 0.6) is 0 Å². The number of nitrogens with zero attached hydrogens (tertiary/aromatic N) is 2. The third-order valence-electron chi connectivity index (χ3n) is 1.48. The number of hydrogen-bond donors (Lipinski definition) is 0. The summed E-state index contributed by atoms with van der Waals surface area (Å²) in [4.78, 5) is 4.08. The van der Waals surface area contributed by atoms with E-state index in [4.69, 9.17) is 0 Å². The Morgan fingerprint density at radius 1 is 1.08 bits per heavy atom. The van der Waals surface area contributed by atoms with Crippen LogP contribution in [0.15, 0.2) is 6.33 Å². The van der Waals surface area contributed by atoms with Crippen LogP contribution in [0, 0.1) is 13.8 Å². The van der Waals surface area contributed by atoms with Crippen LogP contribution in [-0.2, 0) is 7.05 Å². The maximum absolute atomic E-state index is 4.08. The summed E-state index contributed by atoms with van der Waals surface area (Å²) in [6, 6.07) is 0. The van der Waals surface area contributed by atoms with Crippen molar-refractivity contribution < 1.29 is 0 Å². The first-order valence-corrected chi connectivity index (χ1v) is 4.66. The molecule has 1 aromatic rings. The predicted octanol–water partition coefficient (Wildman–Crippen LogP) is 3.09. The number of imidazole rings is 1. The van der Waals surface area contributed by atoms with E-state index in [0.717, 1.165) is 5.69 Å². The van der Waals surface area contributed by atoms with E-state index < -0.39 is 0 Å². The number of aromatic nitrogens is 2. The second kappa shape index (κ2) is 8.31. The molecule has 0 amide bonds. The fourth-order valence-electron chi connectivity index (χ4n) is 0.608. The van der Waals surface area contributed by atoms with Gasteiger partial charge < -0.3 is 4.57 Å². The molecule has 0 saturated carbocycles. The molecule has 0 aromatic carbocycles. The molecular weight excluding hydrogens is 148 g/mol. The maximum Gasteiger partial charge on any atom is 0.0948 e. The Balaban J connectivity index is 0. The second-order valence-electron chi connectivity index (χ2n) is 2.03. The highest BCUT2D eigenvalue weighted by molar-refractivity contribution is 5.07. The first-order valence-electron chi connectivity index (χ1n) is 4.66. The van der Waals surface area contributed by atoms with Crippen molar-refractivity contribution in [3.8, 4) is 0 Å². The Labute approximate surface area is 76.6 Å². The van der Waals surface area contributed by atoms with Crippen molar-refractivity contribution in [3.05, 3.63) is 17.7 Å². The topological polar surface area (TPSA) is 17.8 Å². The van der Waals surface area contributed by atoms with Crippen LogP contribution in [0.1, 0.15) is 39.1 Å². The second-order valence-corrected chi connectivity index (χ2v) is 2.03. The minimum Gasteiger partial charge on any atom is -0.338 e. The third kappa shape index (κ3) is 4.16. The van der Waals surface area contributed by atoms with Crippen molar-refractivity contribution in [1.29, 1.82) is 0 Å². The van der Waals surface area contributed by atoms with Crippen LogP contribution in [-0.4, -0.2) is 9.55 Å². The van der Waals surface area contributed by atoms with E-state index in [9.17, 15) is 0 Å². The molecule has 1 aromatic heterocycles. The monoisotopic (exact) mass is 170 g/mol. The molecule has 0 aliphatic rings. The summed E-state index contributed by atoms with van der Waals surface area (Å²) in [5.41, 5.74) is 2.36. The van der Waals surface area contributed by atoms with E-state index in [-0.39, 0.29) is 0 Å². The van der Waals surface area contributed by atoms with E-state index in [2.05, 4.69) is 11.9 Å². The zero-order chi connectivity index (χ0) is 10.1. The van der Waals surface area contributed by atoms with Gasteiger partial charge in [0.2, 0.25) is 0 Å². The fraction of sp³-hybridized carbons (Fsp3) is 0.700. The van der Waals surface area contributed by atoms with Crippen molar-refractivity contribution in [2.75, 3.05) is 0 Å². The van der Waals surface area contributed by atoms with Crippen molar-refractivity contribution in [2.24, 2.45) is 7.05 Å². The molecule has 0 fully saturated rings. The standard InChI is InChI=1S/C6H10N2.2C2H6/c1-5-6(2)8(3)4-7-5;2*1-2/h4H,1-3H3;2*1-2H3. The van der Waals surface area contributed by atoms with Crippen LogP contribution in [0.2, 0.25) is 0 Å². The first-order chi connectivity index (χ1) is 5.72. The van der Waals surface area contributed by atoms with Crippen LogP contribution >= 0.6 is 0 Å². The van der Waals surface area contributed by atoms with Crippen molar-refractivity contribution in [2.45, 2.75) is 41.5 Å². The highest BCUT2D eigenvalue weighted by Crippen LogP contribution is 1.99. The SMILES string of the molecule is CC.CC.Cc1ncn(C)c1C. The molecule has 1 heterocycles. The van der Waals surface area contributed by atoms with Gasteiger partial charge in [-0.1, -0.05) is 27.7 Å². The Morgan fingerprint density at radius 2 is 1.50 bits per heavy atom. The fourth-order valence-corrected chi connectivity index (χ4v) is 0.608. The Morgan fingerprint density at radius 3 is 1.58 bits per heavy atom. The molecule has 0 bridgehead atoms. The van der Waals surface area contributed by atoms with Gasteiger partial charge in [0.15, 0.2) is 0 Å². The van der Waals surface area contributed by atoms with Gasteiger partial charge in [0.25, 0.3) is 0 Å². The molecule has 72 valence electrons. The van der Waals surface area contributed by atoms with Gasteiger partial charge >= 0.3 is 0 Å². The molecule has 0 aliphatic carbocycles. The van der Waals surface area contributed by atoms with Gasteiger partial charge in [-0.15, -0.1) is 0 Å². The lowest BCUT2D eigenvalue weighted by molar-refractivity contribution is 0.871. The summed E-state index contributed by atoms with van der Waals surface area (Å²) in [6.07, 6.45) is 1.82. The van der Waals surface area contributed by atoms with E-state index in [0.29, 0.717) is 0 Å². The third-order valence-corrected chi connectivity index (χ3v) is 1.48. The summed E-state index contributed by atoms with van der Waals surface area (Å²) >= 11 is 0. The largest absolute Gasteiger partial charge is 0.338 e. The molecule has 12 heavy (non-hydrogen) atoms. The number of aryl methyl sites for hydroxylation is 2. The summed E-state index contributed by atoms with van der Waals surface area (Å²) in [5, 5.41) is 0. The molecular formula is C10H22N2. The lowest BCUT2D eigenvalue weighted by Gasteiger charge is -1.90. The summed E-state index contributed by atoms with van der Waals surface area (Å²) in [6.45, 7) is 12.1. The van der Waals surface area contributed by atoms with Crippen LogP contribution < -0.4 is 0 Å². The Bertz CT molecular complexity index is 170. The molecule has 2 heteroatoms. The van der Waals surface area contributed by atoms with Gasteiger partial charge in [-0.05, 0) is 13.8 Å². The average Bonchev–Trinajstić information content (AvgIpc) is 2.43. The molecule has 0 N–H and O–H groups in total. The molecule has 0 unspecified atom stereocenters. The minimum absolute atomic E-state index is 1.12. The van der Waals surface area contributed by atoms with Crippen molar-refractivity contribution >= 4 is 0 Å². The van der Waals surface area contributed by atoms with Gasteiger partial charge in [-0.3, -0.25) is 0 Å². The molecule has 2 nitrogen and oxygen atoms in total. The Hall–Kier alpha value is -0.790. The molecule has 0 radical (unpaired) electrons. The van der Waals surface area contributed by atoms with Crippen LogP contribution in [0.25, 0.3) is 0 Å². The molecule has 0 aliphatic heterocycles. The van der Waals surface area contributed by atoms with Crippen LogP contribution in [0.3, 0.4) is 0 Å². The zero-order valence-electron chi connectivity index (χ0n) is 9.47. The average molecular weight is 170 g/mol. The van der Waals surface area contributed by atoms with Crippen molar-refractivity contribution in [1.82, 2.24) is 9.55 Å². The molecule has 1 rings (SSSR count). The summed E-state index contributed by atoms with van der Waals surface area (Å²) in [7, 11) is 2.00. The highest BCUT2D eigenvalue weighted by atomic mass is 15.0. The minimum atomic E-state index is 1.12. The van der Waals surface area contributed by atoms with Gasteiger partial charge in [0, 0.05) is 12.7 Å². The smallest absolute Gasteiger partial charge is 0.0948 e. The maximum atomic E-state index is 4.08. The lowest BCUT2D eigenvalue weighted by atomic mass is 10.4. The highest BCUT2D eigenvalue weighted by Gasteiger charge is 1.93. The van der Waals surface area contributed by atoms with Crippen LogP contribution in [0.4, 0.5) is 0 Å².